The van der Waals surface area contributed by atoms with E-state index in [1.165, 1.54) is 11.3 Å². The average molecular weight is 599 g/mol. The number of benzene rings is 1. The number of aromatic nitrogens is 2. The summed E-state index contributed by atoms with van der Waals surface area (Å²) in [6.45, 7) is 2.44. The van der Waals surface area contributed by atoms with Crippen LogP contribution in [0, 0.1) is 0 Å². The molecule has 9 nitrogen and oxygen atoms in total. The Labute approximate surface area is 248 Å². The van der Waals surface area contributed by atoms with E-state index in [2.05, 4.69) is 10.3 Å². The van der Waals surface area contributed by atoms with Crippen molar-refractivity contribution in [3.8, 4) is 0 Å². The van der Waals surface area contributed by atoms with Gasteiger partial charge in [0.1, 0.15) is 0 Å². The zero-order chi connectivity index (χ0) is 29.4. The van der Waals surface area contributed by atoms with Crippen molar-refractivity contribution in [3.63, 3.8) is 0 Å². The second-order valence-electron chi connectivity index (χ2n) is 9.90. The second kappa shape index (κ2) is 14.7. The molecule has 0 saturated carbocycles. The van der Waals surface area contributed by atoms with Gasteiger partial charge in [0, 0.05) is 79.0 Å². The van der Waals surface area contributed by atoms with Crippen molar-refractivity contribution in [2.75, 3.05) is 33.9 Å². The number of aryl methyl sites for hydroxylation is 1. The number of thiophene rings is 1. The third kappa shape index (κ3) is 8.22. The van der Waals surface area contributed by atoms with Crippen LogP contribution in [0.15, 0.2) is 59.8 Å². The van der Waals surface area contributed by atoms with Crippen LogP contribution in [-0.2, 0) is 47.4 Å². The molecule has 4 aromatic rings. The SMILES string of the molecule is COCCOCc1c(CN(C)CC(O)c2cccnc2)sc2c(=O)c(CC(=O)NCc3ccc(Cl)cc3)cn(C)c12. The van der Waals surface area contributed by atoms with Gasteiger partial charge in [-0.3, -0.25) is 19.5 Å². The Balaban J connectivity index is 1.55. The Morgan fingerprint density at radius 2 is 2.02 bits per heavy atom. The highest BCUT2D eigenvalue weighted by molar-refractivity contribution is 7.19. The van der Waals surface area contributed by atoms with Gasteiger partial charge in [-0.25, -0.2) is 0 Å². The minimum absolute atomic E-state index is 0.0275. The van der Waals surface area contributed by atoms with Gasteiger partial charge in [-0.2, -0.15) is 0 Å². The number of aliphatic hydroxyl groups excluding tert-OH is 1. The summed E-state index contributed by atoms with van der Waals surface area (Å²) in [4.78, 5) is 33.4. The molecule has 2 N–H and O–H groups in total. The molecular weight excluding hydrogens is 564 g/mol. The highest BCUT2D eigenvalue weighted by Crippen LogP contribution is 2.31. The van der Waals surface area contributed by atoms with E-state index in [0.717, 1.165) is 27.1 Å². The molecule has 0 saturated heterocycles. The first-order valence-electron chi connectivity index (χ1n) is 13.2. The first-order valence-corrected chi connectivity index (χ1v) is 14.4. The summed E-state index contributed by atoms with van der Waals surface area (Å²) in [7, 11) is 5.42. The van der Waals surface area contributed by atoms with Gasteiger partial charge >= 0.3 is 0 Å². The number of carbonyl (C=O) groups is 1. The quantitative estimate of drug-likeness (QED) is 0.213. The Bertz CT molecular complexity index is 1510. The monoisotopic (exact) mass is 598 g/mol. The molecule has 3 heterocycles. The minimum Gasteiger partial charge on any atom is -0.387 e. The molecule has 0 aliphatic carbocycles. The van der Waals surface area contributed by atoms with Crippen LogP contribution in [0.25, 0.3) is 10.2 Å². The maximum atomic E-state index is 13.6. The molecule has 11 heteroatoms. The number of hydrogen-bond donors (Lipinski definition) is 2. The number of nitrogens with zero attached hydrogens (tertiary/aromatic N) is 3. The van der Waals surface area contributed by atoms with Crippen LogP contribution in [-0.4, -0.2) is 59.4 Å². The van der Waals surface area contributed by atoms with Crippen LogP contribution in [0.5, 0.6) is 0 Å². The molecule has 41 heavy (non-hydrogen) atoms. The lowest BCUT2D eigenvalue weighted by molar-refractivity contribution is -0.120. The number of amides is 1. The van der Waals surface area contributed by atoms with E-state index in [4.69, 9.17) is 21.1 Å². The lowest BCUT2D eigenvalue weighted by Crippen LogP contribution is -2.27. The molecule has 3 aromatic heterocycles. The van der Waals surface area contributed by atoms with Gasteiger partial charge in [-0.15, -0.1) is 11.3 Å². The number of likely N-dealkylation sites (N-methyl/N-ethyl adjacent to an activating group) is 1. The van der Waals surface area contributed by atoms with E-state index < -0.39 is 6.10 Å². The van der Waals surface area contributed by atoms with Crippen LogP contribution < -0.4 is 10.7 Å². The van der Waals surface area contributed by atoms with Crippen LogP contribution in [0.4, 0.5) is 0 Å². The fraction of sp³-hybridized carbons (Fsp3) is 0.367. The molecule has 1 atom stereocenters. The first kappa shape index (κ1) is 30.8. The highest BCUT2D eigenvalue weighted by Gasteiger charge is 2.21. The molecule has 0 spiro atoms. The van der Waals surface area contributed by atoms with Crippen molar-refractivity contribution in [1.29, 1.82) is 0 Å². The number of nitrogens with one attached hydrogen (secondary N) is 1. The van der Waals surface area contributed by atoms with Gasteiger partial charge in [0.25, 0.3) is 0 Å². The molecular formula is C30H35ClN4O5S. The predicted octanol–water partition coefficient (Wildman–Crippen LogP) is 3.84. The molecule has 1 unspecified atom stereocenters. The maximum Gasteiger partial charge on any atom is 0.224 e. The summed E-state index contributed by atoms with van der Waals surface area (Å²) in [5.41, 5.74) is 3.64. The van der Waals surface area contributed by atoms with Crippen molar-refractivity contribution < 1.29 is 19.4 Å². The molecule has 0 radical (unpaired) electrons. The van der Waals surface area contributed by atoms with Gasteiger partial charge in [0.15, 0.2) is 0 Å². The number of carbonyl (C=O) groups excluding carboxylic acids is 1. The summed E-state index contributed by atoms with van der Waals surface area (Å²) in [6, 6.07) is 10.9. The molecule has 1 amide bonds. The lowest BCUT2D eigenvalue weighted by atomic mass is 10.1. The maximum absolute atomic E-state index is 13.6. The lowest BCUT2D eigenvalue weighted by Gasteiger charge is -2.21. The average Bonchev–Trinajstić information content (AvgIpc) is 3.32. The highest BCUT2D eigenvalue weighted by atomic mass is 35.5. The number of halogens is 1. The van der Waals surface area contributed by atoms with Crippen molar-refractivity contribution in [1.82, 2.24) is 19.8 Å². The van der Waals surface area contributed by atoms with Crippen molar-refractivity contribution in [2.24, 2.45) is 7.05 Å². The van der Waals surface area contributed by atoms with Gasteiger partial charge in [0.2, 0.25) is 11.3 Å². The van der Waals surface area contributed by atoms with Gasteiger partial charge in [-0.1, -0.05) is 29.8 Å². The summed E-state index contributed by atoms with van der Waals surface area (Å²) < 4.78 is 13.5. The minimum atomic E-state index is -0.700. The van der Waals surface area contributed by atoms with Crippen molar-refractivity contribution >= 4 is 39.1 Å². The van der Waals surface area contributed by atoms with E-state index in [1.54, 1.807) is 43.9 Å². The van der Waals surface area contributed by atoms with Crippen LogP contribution in [0.3, 0.4) is 0 Å². The largest absolute Gasteiger partial charge is 0.387 e. The standard InChI is InChI=1S/C30H35ClN4O5S/c1-34(17-25(36)21-5-4-10-32-15-21)18-26-24(19-40-12-11-39-3)28-30(41-26)29(38)22(16-35(28)2)13-27(37)33-14-20-6-8-23(31)9-7-20/h4-10,15-16,25,36H,11-14,17-19H2,1-3H3,(H,33,37). The Hall–Kier alpha value is -3.12. The van der Waals surface area contributed by atoms with E-state index >= 15 is 0 Å². The zero-order valence-corrected chi connectivity index (χ0v) is 25.0. The van der Waals surface area contributed by atoms with Crippen LogP contribution >= 0.6 is 22.9 Å². The Morgan fingerprint density at radius 3 is 2.73 bits per heavy atom. The fourth-order valence-corrected chi connectivity index (χ4v) is 6.10. The van der Waals surface area contributed by atoms with E-state index in [0.29, 0.717) is 54.7 Å². The Kier molecular flexibility index (Phi) is 11.0. The van der Waals surface area contributed by atoms with Gasteiger partial charge < -0.3 is 24.5 Å². The van der Waals surface area contributed by atoms with Crippen LogP contribution in [0.2, 0.25) is 5.02 Å². The number of methoxy groups -OCH3 is 1. The number of ether oxygens (including phenoxy) is 2. The number of rotatable bonds is 14. The second-order valence-corrected chi connectivity index (χ2v) is 11.4. The number of hydrogen-bond acceptors (Lipinski definition) is 8. The first-order chi connectivity index (χ1) is 19.8. The number of aliphatic hydroxyl groups is 1. The summed E-state index contributed by atoms with van der Waals surface area (Å²) in [6.07, 6.45) is 4.33. The van der Waals surface area contributed by atoms with Gasteiger partial charge in [0.05, 0.1) is 42.6 Å². The molecule has 0 bridgehead atoms. The van der Waals surface area contributed by atoms with E-state index in [1.807, 2.05) is 41.8 Å². The van der Waals surface area contributed by atoms with E-state index in [9.17, 15) is 14.7 Å². The topological polar surface area (TPSA) is 106 Å². The molecule has 4 rings (SSSR count). The van der Waals surface area contributed by atoms with Crippen molar-refractivity contribution in [2.45, 2.75) is 32.2 Å². The smallest absolute Gasteiger partial charge is 0.224 e. The van der Waals surface area contributed by atoms with Crippen LogP contribution in [0.1, 0.15) is 33.2 Å². The Morgan fingerprint density at radius 1 is 1.24 bits per heavy atom. The summed E-state index contributed by atoms with van der Waals surface area (Å²) >= 11 is 7.35. The molecule has 0 aliphatic rings. The number of pyridine rings is 2. The molecule has 1 aromatic carbocycles. The molecule has 218 valence electrons. The summed E-state index contributed by atoms with van der Waals surface area (Å²) in [5.74, 6) is -0.236. The molecule has 0 fully saturated rings. The van der Waals surface area contributed by atoms with E-state index in [-0.39, 0.29) is 17.8 Å². The zero-order valence-electron chi connectivity index (χ0n) is 23.4. The van der Waals surface area contributed by atoms with Gasteiger partial charge in [-0.05, 0) is 30.8 Å². The normalized spacial score (nSPS) is 12.2. The third-order valence-electron chi connectivity index (χ3n) is 6.66. The van der Waals surface area contributed by atoms with Crippen molar-refractivity contribution in [3.05, 3.63) is 97.4 Å². The fourth-order valence-electron chi connectivity index (χ4n) is 4.57. The number of fused-ring (bicyclic) bond motifs is 1. The molecule has 0 aliphatic heterocycles. The summed E-state index contributed by atoms with van der Waals surface area (Å²) in [5, 5.41) is 14.2. The third-order valence-corrected chi connectivity index (χ3v) is 8.12. The predicted molar refractivity (Wildman–Crippen MR) is 161 cm³/mol.